The number of nitrogens with two attached hydrogens (primary N) is 1. The van der Waals surface area contributed by atoms with Gasteiger partial charge < -0.3 is 5.73 Å². The molecule has 0 fully saturated rings. The Kier molecular flexibility index (Phi) is 2.18. The molecule has 0 saturated carbocycles. The van der Waals surface area contributed by atoms with Gasteiger partial charge in [0.1, 0.15) is 0 Å². The predicted octanol–water partition coefficient (Wildman–Crippen LogP) is 1.22. The minimum Gasteiger partial charge on any atom is -0.399 e. The van der Waals surface area contributed by atoms with Gasteiger partial charge in [-0.15, -0.1) is 0 Å². The smallest absolute Gasteiger partial charge is 0.0832 e. The van der Waals surface area contributed by atoms with Crippen LogP contribution in [-0.2, 0) is 6.54 Å². The maximum Gasteiger partial charge on any atom is 0.0832 e. The van der Waals surface area contributed by atoms with Crippen molar-refractivity contribution in [2.75, 3.05) is 5.73 Å². The standard InChI is InChI=1S/C10H12N4/c1-8-5-13-14(6-8)7-10-4-9(11)2-3-12-10/h2-6H,7H2,1H3,(H2,11,12). The lowest BCUT2D eigenvalue weighted by Crippen LogP contribution is -2.02. The lowest BCUT2D eigenvalue weighted by atomic mass is 10.3. The van der Waals surface area contributed by atoms with E-state index in [1.807, 2.05) is 30.1 Å². The third-order valence-electron chi connectivity index (χ3n) is 1.93. The molecule has 4 heteroatoms. The number of pyridine rings is 1. The number of rotatable bonds is 2. The van der Waals surface area contributed by atoms with Gasteiger partial charge in [0.25, 0.3) is 0 Å². The zero-order valence-corrected chi connectivity index (χ0v) is 8.01. The summed E-state index contributed by atoms with van der Waals surface area (Å²) in [6.07, 6.45) is 5.51. The SMILES string of the molecule is Cc1cnn(Cc2cc(N)ccn2)c1. The molecule has 0 aliphatic rings. The molecule has 0 aliphatic heterocycles. The van der Waals surface area contributed by atoms with Crippen molar-refractivity contribution in [2.24, 2.45) is 0 Å². The van der Waals surface area contributed by atoms with Gasteiger partial charge in [-0.05, 0) is 24.6 Å². The molecular formula is C10H12N4. The van der Waals surface area contributed by atoms with Gasteiger partial charge in [0.05, 0.1) is 18.4 Å². The molecule has 2 heterocycles. The fraction of sp³-hybridized carbons (Fsp3) is 0.200. The number of anilines is 1. The van der Waals surface area contributed by atoms with Crippen LogP contribution in [0.15, 0.2) is 30.7 Å². The second-order valence-electron chi connectivity index (χ2n) is 3.30. The first kappa shape index (κ1) is 8.74. The molecule has 0 saturated heterocycles. The van der Waals surface area contributed by atoms with E-state index in [0.29, 0.717) is 6.54 Å². The molecular weight excluding hydrogens is 176 g/mol. The Morgan fingerprint density at radius 1 is 1.50 bits per heavy atom. The summed E-state index contributed by atoms with van der Waals surface area (Å²) in [5, 5.41) is 4.18. The van der Waals surface area contributed by atoms with Gasteiger partial charge in [0, 0.05) is 18.1 Å². The van der Waals surface area contributed by atoms with Gasteiger partial charge in [-0.2, -0.15) is 5.10 Å². The zero-order valence-electron chi connectivity index (χ0n) is 8.01. The quantitative estimate of drug-likeness (QED) is 0.770. The number of hydrogen-bond acceptors (Lipinski definition) is 3. The number of aromatic nitrogens is 3. The molecule has 2 rings (SSSR count). The molecule has 14 heavy (non-hydrogen) atoms. The highest BCUT2D eigenvalue weighted by atomic mass is 15.3. The summed E-state index contributed by atoms with van der Waals surface area (Å²) in [6, 6.07) is 3.63. The van der Waals surface area contributed by atoms with Crippen molar-refractivity contribution in [3.05, 3.63) is 42.0 Å². The topological polar surface area (TPSA) is 56.7 Å². The van der Waals surface area contributed by atoms with E-state index in [2.05, 4.69) is 10.1 Å². The van der Waals surface area contributed by atoms with Crippen LogP contribution in [-0.4, -0.2) is 14.8 Å². The van der Waals surface area contributed by atoms with E-state index in [4.69, 9.17) is 5.73 Å². The minimum atomic E-state index is 0.666. The molecule has 0 atom stereocenters. The average Bonchev–Trinajstić information content (AvgIpc) is 2.51. The van der Waals surface area contributed by atoms with Crippen LogP contribution in [0.4, 0.5) is 5.69 Å². The summed E-state index contributed by atoms with van der Waals surface area (Å²) in [5.41, 5.74) is 8.45. The fourth-order valence-corrected chi connectivity index (χ4v) is 1.30. The van der Waals surface area contributed by atoms with E-state index >= 15 is 0 Å². The summed E-state index contributed by atoms with van der Waals surface area (Å²) in [6.45, 7) is 2.68. The molecule has 0 aromatic carbocycles. The Bertz CT molecular complexity index is 433. The van der Waals surface area contributed by atoms with E-state index in [1.54, 1.807) is 12.3 Å². The van der Waals surface area contributed by atoms with Crippen molar-refractivity contribution >= 4 is 5.69 Å². The average molecular weight is 188 g/mol. The minimum absolute atomic E-state index is 0.666. The van der Waals surface area contributed by atoms with Crippen molar-refractivity contribution in [1.29, 1.82) is 0 Å². The van der Waals surface area contributed by atoms with E-state index < -0.39 is 0 Å². The molecule has 72 valence electrons. The van der Waals surface area contributed by atoms with Crippen molar-refractivity contribution in [2.45, 2.75) is 13.5 Å². The maximum absolute atomic E-state index is 5.65. The van der Waals surface area contributed by atoms with E-state index in [9.17, 15) is 0 Å². The van der Waals surface area contributed by atoms with Crippen molar-refractivity contribution in [3.8, 4) is 0 Å². The van der Waals surface area contributed by atoms with Crippen LogP contribution in [0, 0.1) is 6.92 Å². The lowest BCUT2D eigenvalue weighted by Gasteiger charge is -2.01. The third-order valence-corrected chi connectivity index (χ3v) is 1.93. The molecule has 0 spiro atoms. The first-order chi connectivity index (χ1) is 6.74. The van der Waals surface area contributed by atoms with E-state index in [1.165, 1.54) is 0 Å². The number of aryl methyl sites for hydroxylation is 1. The van der Waals surface area contributed by atoms with Crippen LogP contribution in [0.2, 0.25) is 0 Å². The largest absolute Gasteiger partial charge is 0.399 e. The summed E-state index contributed by atoms with van der Waals surface area (Å²) >= 11 is 0. The molecule has 2 N–H and O–H groups in total. The van der Waals surface area contributed by atoms with Gasteiger partial charge in [0.15, 0.2) is 0 Å². The molecule has 0 amide bonds. The molecule has 2 aromatic heterocycles. The van der Waals surface area contributed by atoms with Gasteiger partial charge in [0.2, 0.25) is 0 Å². The van der Waals surface area contributed by atoms with Gasteiger partial charge in [-0.25, -0.2) is 0 Å². The van der Waals surface area contributed by atoms with Crippen LogP contribution in [0.25, 0.3) is 0 Å². The molecule has 0 bridgehead atoms. The van der Waals surface area contributed by atoms with Crippen LogP contribution in [0.3, 0.4) is 0 Å². The second-order valence-corrected chi connectivity index (χ2v) is 3.30. The Hall–Kier alpha value is -1.84. The highest BCUT2D eigenvalue weighted by Gasteiger charge is 1.98. The first-order valence-electron chi connectivity index (χ1n) is 4.43. The summed E-state index contributed by atoms with van der Waals surface area (Å²) in [7, 11) is 0. The Labute approximate surface area is 82.4 Å². The van der Waals surface area contributed by atoms with Crippen molar-refractivity contribution in [1.82, 2.24) is 14.8 Å². The summed E-state index contributed by atoms with van der Waals surface area (Å²) in [5.74, 6) is 0. The Balaban J connectivity index is 2.18. The van der Waals surface area contributed by atoms with E-state index in [-0.39, 0.29) is 0 Å². The number of hydrogen-bond donors (Lipinski definition) is 1. The lowest BCUT2D eigenvalue weighted by molar-refractivity contribution is 0.673. The van der Waals surface area contributed by atoms with Crippen LogP contribution < -0.4 is 5.73 Å². The third kappa shape index (κ3) is 1.90. The van der Waals surface area contributed by atoms with Gasteiger partial charge in [-0.1, -0.05) is 0 Å². The molecule has 2 aromatic rings. The number of nitrogens with zero attached hydrogens (tertiary/aromatic N) is 3. The fourth-order valence-electron chi connectivity index (χ4n) is 1.30. The zero-order chi connectivity index (χ0) is 9.97. The molecule has 0 unspecified atom stereocenters. The first-order valence-corrected chi connectivity index (χ1v) is 4.43. The molecule has 0 radical (unpaired) electrons. The highest BCUT2D eigenvalue weighted by Crippen LogP contribution is 2.05. The predicted molar refractivity (Wildman–Crippen MR) is 54.7 cm³/mol. The molecule has 0 aliphatic carbocycles. The van der Waals surface area contributed by atoms with Crippen molar-refractivity contribution in [3.63, 3.8) is 0 Å². The Morgan fingerprint density at radius 3 is 3.00 bits per heavy atom. The second kappa shape index (κ2) is 3.49. The monoisotopic (exact) mass is 188 g/mol. The maximum atomic E-state index is 5.65. The van der Waals surface area contributed by atoms with Crippen molar-refractivity contribution < 1.29 is 0 Å². The van der Waals surface area contributed by atoms with Gasteiger partial charge >= 0.3 is 0 Å². The van der Waals surface area contributed by atoms with Crippen LogP contribution in [0.1, 0.15) is 11.3 Å². The van der Waals surface area contributed by atoms with Gasteiger partial charge in [-0.3, -0.25) is 9.67 Å². The summed E-state index contributed by atoms with van der Waals surface area (Å²) < 4.78 is 1.84. The molecule has 4 nitrogen and oxygen atoms in total. The normalized spacial score (nSPS) is 10.4. The highest BCUT2D eigenvalue weighted by molar-refractivity contribution is 5.37. The van der Waals surface area contributed by atoms with Crippen LogP contribution >= 0.6 is 0 Å². The van der Waals surface area contributed by atoms with E-state index in [0.717, 1.165) is 16.9 Å². The Morgan fingerprint density at radius 2 is 2.36 bits per heavy atom. The number of nitrogen functional groups attached to an aromatic ring is 1. The van der Waals surface area contributed by atoms with Crippen LogP contribution in [0.5, 0.6) is 0 Å². The summed E-state index contributed by atoms with van der Waals surface area (Å²) in [4.78, 5) is 4.20.